The number of hydrogen-bond acceptors (Lipinski definition) is 6. The molecule has 0 radical (unpaired) electrons. The highest BCUT2D eigenvalue weighted by Crippen LogP contribution is 2.38. The molecule has 0 aromatic heterocycles. The first-order valence-electron chi connectivity index (χ1n) is 17.7. The van der Waals surface area contributed by atoms with Crippen molar-refractivity contribution < 1.29 is 32.9 Å². The van der Waals surface area contributed by atoms with E-state index in [0.717, 1.165) is 38.5 Å². The zero-order valence-electron chi connectivity index (χ0n) is 29.1. The molecule has 0 aliphatic heterocycles. The zero-order chi connectivity index (χ0) is 32.9. The number of hydrogen-bond donors (Lipinski definition) is 2. The Morgan fingerprint density at radius 2 is 1.27 bits per heavy atom. The molecular formula is C35H69N2O6P. The van der Waals surface area contributed by atoms with Gasteiger partial charge in [0, 0.05) is 6.42 Å². The van der Waals surface area contributed by atoms with Crippen molar-refractivity contribution in [3.63, 3.8) is 0 Å². The highest BCUT2D eigenvalue weighted by molar-refractivity contribution is 7.45. The van der Waals surface area contributed by atoms with Crippen molar-refractivity contribution in [3.8, 4) is 0 Å². The molecule has 9 heteroatoms. The number of carbonyl (C=O) groups is 1. The third-order valence-electron chi connectivity index (χ3n) is 7.66. The Hall–Kier alpha value is -1.02. The lowest BCUT2D eigenvalue weighted by Crippen LogP contribution is -2.45. The normalized spacial score (nSPS) is 15.2. The van der Waals surface area contributed by atoms with Gasteiger partial charge in [-0.2, -0.15) is 0 Å². The van der Waals surface area contributed by atoms with Crippen LogP contribution in [0.15, 0.2) is 24.3 Å². The molecule has 0 saturated carbocycles. The molecule has 0 heterocycles. The van der Waals surface area contributed by atoms with E-state index in [1.54, 1.807) is 6.08 Å². The number of unbranched alkanes of at least 4 members (excludes halogenated alkanes) is 16. The molecule has 44 heavy (non-hydrogen) atoms. The van der Waals surface area contributed by atoms with Crippen molar-refractivity contribution in [2.75, 3.05) is 40.9 Å². The predicted molar refractivity (Wildman–Crippen MR) is 182 cm³/mol. The highest BCUT2D eigenvalue weighted by atomic mass is 31.2. The molecule has 0 aliphatic carbocycles. The highest BCUT2D eigenvalue weighted by Gasteiger charge is 2.23. The topological polar surface area (TPSA) is 108 Å². The molecular weight excluding hydrogens is 575 g/mol. The molecule has 0 rings (SSSR count). The van der Waals surface area contributed by atoms with Gasteiger partial charge in [-0.25, -0.2) is 0 Å². The van der Waals surface area contributed by atoms with Crippen LogP contribution in [0.5, 0.6) is 0 Å². The van der Waals surface area contributed by atoms with Gasteiger partial charge in [-0.05, 0) is 32.1 Å². The molecule has 8 nitrogen and oxygen atoms in total. The van der Waals surface area contributed by atoms with E-state index in [1.165, 1.54) is 83.5 Å². The van der Waals surface area contributed by atoms with Gasteiger partial charge in [0.05, 0.1) is 39.9 Å². The Balaban J connectivity index is 4.59. The van der Waals surface area contributed by atoms with Crippen molar-refractivity contribution in [2.45, 2.75) is 154 Å². The minimum Gasteiger partial charge on any atom is -0.756 e. The van der Waals surface area contributed by atoms with Crippen molar-refractivity contribution >= 4 is 13.7 Å². The molecule has 1 amide bonds. The summed E-state index contributed by atoms with van der Waals surface area (Å²) in [5, 5.41) is 13.6. The molecule has 0 aromatic rings. The standard InChI is InChI=1S/C35H69N2O6P/c1-6-8-10-12-14-15-16-17-18-19-20-21-23-24-26-28-34(38)33(32-43-44(40,41)42-31-30-37(3,4)5)36-35(39)29-27-25-22-13-11-9-7-2/h20-21,26,28,33-34,38H,6-19,22-25,27,29-32H2,1-5H3,(H-,36,39,40,41)/b21-20+,28-26+. The first-order valence-corrected chi connectivity index (χ1v) is 19.2. The molecule has 0 spiro atoms. The molecule has 0 saturated heterocycles. The van der Waals surface area contributed by atoms with Crippen LogP contribution in [0.1, 0.15) is 142 Å². The zero-order valence-corrected chi connectivity index (χ0v) is 30.0. The smallest absolute Gasteiger partial charge is 0.268 e. The SMILES string of the molecule is CCCCCCCCCCC/C=C/CC/C=C/C(O)C(COP(=O)([O-])OCC[N+](C)(C)C)NC(=O)CCCCCCCCC. The van der Waals surface area contributed by atoms with Crippen LogP contribution in [-0.4, -0.2) is 68.5 Å². The van der Waals surface area contributed by atoms with Gasteiger partial charge in [-0.3, -0.25) is 9.36 Å². The van der Waals surface area contributed by atoms with Crippen molar-refractivity contribution in [3.05, 3.63) is 24.3 Å². The molecule has 3 unspecified atom stereocenters. The van der Waals surface area contributed by atoms with E-state index in [1.807, 2.05) is 27.2 Å². The van der Waals surface area contributed by atoms with Crippen LogP contribution in [-0.2, 0) is 18.4 Å². The Labute approximate surface area is 271 Å². The molecule has 260 valence electrons. The van der Waals surface area contributed by atoms with Crippen molar-refractivity contribution in [1.29, 1.82) is 0 Å². The summed E-state index contributed by atoms with van der Waals surface area (Å²) in [6.07, 6.45) is 29.5. The fraction of sp³-hybridized carbons (Fsp3) is 0.857. The number of aliphatic hydroxyl groups is 1. The number of aliphatic hydroxyl groups excluding tert-OH is 1. The van der Waals surface area contributed by atoms with Crippen LogP contribution in [0.3, 0.4) is 0 Å². The van der Waals surface area contributed by atoms with E-state index in [9.17, 15) is 19.4 Å². The summed E-state index contributed by atoms with van der Waals surface area (Å²) in [4.78, 5) is 24.9. The van der Waals surface area contributed by atoms with Gasteiger partial charge in [0.2, 0.25) is 5.91 Å². The van der Waals surface area contributed by atoms with Gasteiger partial charge in [0.25, 0.3) is 7.82 Å². The summed E-state index contributed by atoms with van der Waals surface area (Å²) in [5.74, 6) is -0.217. The van der Waals surface area contributed by atoms with E-state index in [-0.39, 0.29) is 12.5 Å². The second-order valence-electron chi connectivity index (χ2n) is 13.2. The number of phosphoric acid groups is 1. The average Bonchev–Trinajstić information content (AvgIpc) is 2.95. The Kier molecular flexibility index (Phi) is 27.6. The minimum atomic E-state index is -4.57. The van der Waals surface area contributed by atoms with Crippen LogP contribution in [0.4, 0.5) is 0 Å². The van der Waals surface area contributed by atoms with Gasteiger partial charge < -0.3 is 28.8 Å². The van der Waals surface area contributed by atoms with E-state index in [0.29, 0.717) is 17.4 Å². The van der Waals surface area contributed by atoms with Crippen LogP contribution >= 0.6 is 7.82 Å². The largest absolute Gasteiger partial charge is 0.756 e. The summed E-state index contributed by atoms with van der Waals surface area (Å²) in [6, 6.07) is -0.894. The van der Waals surface area contributed by atoms with E-state index < -0.39 is 26.6 Å². The lowest BCUT2D eigenvalue weighted by molar-refractivity contribution is -0.870. The maximum absolute atomic E-state index is 12.6. The molecule has 0 aromatic carbocycles. The number of amides is 1. The molecule has 0 bridgehead atoms. The number of rotatable bonds is 31. The quantitative estimate of drug-likeness (QED) is 0.0343. The Morgan fingerprint density at radius 3 is 1.84 bits per heavy atom. The number of phosphoric ester groups is 1. The summed E-state index contributed by atoms with van der Waals surface area (Å²) in [5.41, 5.74) is 0. The second kappa shape index (κ2) is 28.2. The van der Waals surface area contributed by atoms with E-state index in [2.05, 4.69) is 31.3 Å². The summed E-state index contributed by atoms with van der Waals surface area (Å²) in [7, 11) is 1.24. The minimum absolute atomic E-state index is 0.00530. The number of allylic oxidation sites excluding steroid dienone is 3. The monoisotopic (exact) mass is 644 g/mol. The van der Waals surface area contributed by atoms with Crippen LogP contribution in [0, 0.1) is 0 Å². The van der Waals surface area contributed by atoms with Crippen LogP contribution in [0.2, 0.25) is 0 Å². The number of likely N-dealkylation sites (N-methyl/N-ethyl adjacent to an activating group) is 1. The third kappa shape index (κ3) is 29.7. The molecule has 3 atom stereocenters. The van der Waals surface area contributed by atoms with Crippen LogP contribution in [0.25, 0.3) is 0 Å². The van der Waals surface area contributed by atoms with Crippen LogP contribution < -0.4 is 10.2 Å². The third-order valence-corrected chi connectivity index (χ3v) is 8.63. The fourth-order valence-corrected chi connectivity index (χ4v) is 5.48. The van der Waals surface area contributed by atoms with Gasteiger partial charge in [0.15, 0.2) is 0 Å². The van der Waals surface area contributed by atoms with Crippen molar-refractivity contribution in [2.24, 2.45) is 0 Å². The van der Waals surface area contributed by atoms with E-state index >= 15 is 0 Å². The lowest BCUT2D eigenvalue weighted by Gasteiger charge is -2.29. The predicted octanol–water partition coefficient (Wildman–Crippen LogP) is 7.99. The molecule has 0 fully saturated rings. The molecule has 2 N–H and O–H groups in total. The summed E-state index contributed by atoms with van der Waals surface area (Å²) in [6.45, 7) is 4.54. The fourth-order valence-electron chi connectivity index (χ4n) is 4.75. The summed E-state index contributed by atoms with van der Waals surface area (Å²) >= 11 is 0. The number of carbonyl (C=O) groups excluding carboxylic acids is 1. The lowest BCUT2D eigenvalue weighted by atomic mass is 10.1. The number of nitrogens with one attached hydrogen (secondary N) is 1. The maximum Gasteiger partial charge on any atom is 0.268 e. The Bertz CT molecular complexity index is 784. The average molecular weight is 645 g/mol. The first kappa shape index (κ1) is 43.0. The van der Waals surface area contributed by atoms with Crippen molar-refractivity contribution in [1.82, 2.24) is 5.32 Å². The second-order valence-corrected chi connectivity index (χ2v) is 14.6. The van der Waals surface area contributed by atoms with Gasteiger partial charge >= 0.3 is 0 Å². The number of quaternary nitrogens is 1. The van der Waals surface area contributed by atoms with E-state index in [4.69, 9.17) is 9.05 Å². The molecule has 0 aliphatic rings. The first-order chi connectivity index (χ1) is 21.0. The van der Waals surface area contributed by atoms with Gasteiger partial charge in [0.1, 0.15) is 13.2 Å². The van der Waals surface area contributed by atoms with Gasteiger partial charge in [-0.15, -0.1) is 0 Å². The Morgan fingerprint density at radius 1 is 0.773 bits per heavy atom. The summed E-state index contributed by atoms with van der Waals surface area (Å²) < 4.78 is 22.9. The van der Waals surface area contributed by atoms with Gasteiger partial charge in [-0.1, -0.05) is 128 Å². The number of nitrogens with zero attached hydrogens (tertiary/aromatic N) is 1. The maximum atomic E-state index is 12.6.